The van der Waals surface area contributed by atoms with Crippen LogP contribution in [0.25, 0.3) is 0 Å². The van der Waals surface area contributed by atoms with Gasteiger partial charge in [0, 0.05) is 18.2 Å². The van der Waals surface area contributed by atoms with Gasteiger partial charge in [-0.1, -0.05) is 0 Å². The van der Waals surface area contributed by atoms with Crippen LogP contribution in [0.15, 0.2) is 29.0 Å². The van der Waals surface area contributed by atoms with Crippen molar-refractivity contribution < 1.29 is 18.1 Å². The number of sulfonamides is 1. The average Bonchev–Trinajstić information content (AvgIpc) is 3.10. The SMILES string of the molecule is CS(=O)(=O)N(Cc1ccsc1)C1COc2c(cc(C#N)cc2[N+](=O)[O-])C1. The number of hydrogen-bond acceptors (Lipinski definition) is 7. The molecule has 0 fully saturated rings. The van der Waals surface area contributed by atoms with Crippen LogP contribution in [-0.2, 0) is 23.0 Å². The smallest absolute Gasteiger partial charge is 0.312 e. The highest BCUT2D eigenvalue weighted by Gasteiger charge is 2.34. The van der Waals surface area contributed by atoms with Crippen molar-refractivity contribution in [1.82, 2.24) is 4.31 Å². The van der Waals surface area contributed by atoms with Crippen molar-refractivity contribution in [3.8, 4) is 11.8 Å². The van der Waals surface area contributed by atoms with Crippen LogP contribution < -0.4 is 4.74 Å². The van der Waals surface area contributed by atoms with Crippen LogP contribution in [0.3, 0.4) is 0 Å². The Hall–Kier alpha value is -2.48. The lowest BCUT2D eigenvalue weighted by atomic mass is 9.99. The molecule has 2 aromatic rings. The predicted molar refractivity (Wildman–Crippen MR) is 95.5 cm³/mol. The Kier molecular flexibility index (Phi) is 4.95. The number of fused-ring (bicyclic) bond motifs is 1. The van der Waals surface area contributed by atoms with Crippen LogP contribution in [0.1, 0.15) is 16.7 Å². The highest BCUT2D eigenvalue weighted by Crippen LogP contribution is 2.37. The van der Waals surface area contributed by atoms with E-state index in [-0.39, 0.29) is 36.6 Å². The number of nitro benzene ring substituents is 1. The van der Waals surface area contributed by atoms with Crippen LogP contribution in [0.5, 0.6) is 5.75 Å². The standard InChI is InChI=1S/C16H15N3O5S2/c1-26(22,23)18(8-11-2-3-25-10-11)14-6-13-4-12(7-17)5-15(19(20)21)16(13)24-9-14/h2-5,10,14H,6,8-9H2,1H3. The van der Waals surface area contributed by atoms with E-state index in [1.807, 2.05) is 22.9 Å². The number of nitro groups is 1. The summed E-state index contributed by atoms with van der Waals surface area (Å²) in [6, 6.07) is 5.91. The summed E-state index contributed by atoms with van der Waals surface area (Å²) < 4.78 is 31.5. The van der Waals surface area contributed by atoms with E-state index < -0.39 is 21.0 Å². The molecule has 0 aliphatic carbocycles. The zero-order chi connectivity index (χ0) is 18.9. The maximum atomic E-state index is 12.3. The summed E-state index contributed by atoms with van der Waals surface area (Å²) in [7, 11) is -3.53. The van der Waals surface area contributed by atoms with Gasteiger partial charge >= 0.3 is 5.69 Å². The highest BCUT2D eigenvalue weighted by atomic mass is 32.2. The number of hydrogen-bond donors (Lipinski definition) is 0. The third kappa shape index (κ3) is 3.70. The molecule has 1 aliphatic heterocycles. The summed E-state index contributed by atoms with van der Waals surface area (Å²) in [6.45, 7) is 0.211. The quantitative estimate of drug-likeness (QED) is 0.569. The molecule has 0 saturated carbocycles. The minimum Gasteiger partial charge on any atom is -0.485 e. The maximum absolute atomic E-state index is 12.3. The minimum atomic E-state index is -3.53. The van der Waals surface area contributed by atoms with Crippen LogP contribution in [0.4, 0.5) is 5.69 Å². The molecule has 26 heavy (non-hydrogen) atoms. The summed E-state index contributed by atoms with van der Waals surface area (Å²) in [5, 5.41) is 24.1. The van der Waals surface area contributed by atoms with E-state index >= 15 is 0 Å². The molecule has 1 atom stereocenters. The van der Waals surface area contributed by atoms with Crippen LogP contribution in [0, 0.1) is 21.4 Å². The van der Waals surface area contributed by atoms with Gasteiger partial charge in [0.1, 0.15) is 6.61 Å². The Balaban J connectivity index is 1.96. The zero-order valence-electron chi connectivity index (χ0n) is 13.8. The number of ether oxygens (including phenoxy) is 1. The van der Waals surface area contributed by atoms with Gasteiger partial charge in [-0.2, -0.15) is 20.9 Å². The molecule has 1 aromatic heterocycles. The second kappa shape index (κ2) is 7.03. The lowest BCUT2D eigenvalue weighted by molar-refractivity contribution is -0.386. The molecule has 8 nitrogen and oxygen atoms in total. The first-order chi connectivity index (χ1) is 12.3. The maximum Gasteiger partial charge on any atom is 0.312 e. The van der Waals surface area contributed by atoms with Crippen molar-refractivity contribution in [3.05, 3.63) is 55.8 Å². The molecule has 0 spiro atoms. The van der Waals surface area contributed by atoms with Gasteiger partial charge in [0.05, 0.1) is 28.9 Å². The average molecular weight is 393 g/mol. The fourth-order valence-corrected chi connectivity index (χ4v) is 4.67. The Morgan fingerprint density at radius 3 is 2.85 bits per heavy atom. The van der Waals surface area contributed by atoms with Crippen molar-refractivity contribution in [3.63, 3.8) is 0 Å². The van der Waals surface area contributed by atoms with E-state index in [1.54, 1.807) is 0 Å². The number of nitriles is 1. The highest BCUT2D eigenvalue weighted by molar-refractivity contribution is 7.88. The lowest BCUT2D eigenvalue weighted by Gasteiger charge is -2.33. The topological polar surface area (TPSA) is 114 Å². The normalized spacial score (nSPS) is 16.6. The Morgan fingerprint density at radius 2 is 2.27 bits per heavy atom. The van der Waals surface area contributed by atoms with Crippen LogP contribution >= 0.6 is 11.3 Å². The third-order valence-corrected chi connectivity index (χ3v) is 6.11. The molecule has 3 rings (SSSR count). The molecule has 1 unspecified atom stereocenters. The van der Waals surface area contributed by atoms with Gasteiger partial charge in [-0.25, -0.2) is 8.42 Å². The van der Waals surface area contributed by atoms with Gasteiger partial charge in [-0.05, 0) is 34.9 Å². The molecule has 0 amide bonds. The summed E-state index contributed by atoms with van der Waals surface area (Å²) in [6.07, 6.45) is 1.37. The number of benzene rings is 1. The van der Waals surface area contributed by atoms with Gasteiger partial charge in [0.25, 0.3) is 0 Å². The molecule has 1 aromatic carbocycles. The van der Waals surface area contributed by atoms with E-state index in [9.17, 15) is 18.5 Å². The molecule has 10 heteroatoms. The molecular formula is C16H15N3O5S2. The fraction of sp³-hybridized carbons (Fsp3) is 0.312. The second-order valence-corrected chi connectivity index (χ2v) is 8.68. The number of nitrogens with zero attached hydrogens (tertiary/aromatic N) is 3. The number of rotatable bonds is 5. The van der Waals surface area contributed by atoms with E-state index in [1.165, 1.54) is 27.8 Å². The second-order valence-electron chi connectivity index (χ2n) is 5.96. The van der Waals surface area contributed by atoms with Gasteiger partial charge in [-0.15, -0.1) is 0 Å². The van der Waals surface area contributed by atoms with Crippen molar-refractivity contribution in [1.29, 1.82) is 5.26 Å². The first-order valence-corrected chi connectivity index (χ1v) is 10.4. The molecule has 1 aliphatic rings. The van der Waals surface area contributed by atoms with Crippen LogP contribution in [-0.4, -0.2) is 36.6 Å². The largest absolute Gasteiger partial charge is 0.485 e. The Morgan fingerprint density at radius 1 is 1.50 bits per heavy atom. The molecule has 0 saturated heterocycles. The summed E-state index contributed by atoms with van der Waals surface area (Å²) >= 11 is 1.47. The summed E-state index contributed by atoms with van der Waals surface area (Å²) in [5.74, 6) is 0.106. The van der Waals surface area contributed by atoms with E-state index in [0.717, 1.165) is 11.8 Å². The molecular weight excluding hydrogens is 378 g/mol. The van der Waals surface area contributed by atoms with Gasteiger partial charge in [0.2, 0.25) is 15.8 Å². The van der Waals surface area contributed by atoms with Crippen molar-refractivity contribution in [2.75, 3.05) is 12.9 Å². The van der Waals surface area contributed by atoms with Crippen molar-refractivity contribution in [2.24, 2.45) is 0 Å². The van der Waals surface area contributed by atoms with Gasteiger partial charge in [-0.3, -0.25) is 10.1 Å². The first-order valence-electron chi connectivity index (χ1n) is 7.61. The fourth-order valence-electron chi connectivity index (χ4n) is 2.95. The summed E-state index contributed by atoms with van der Waals surface area (Å²) in [4.78, 5) is 10.6. The predicted octanol–water partition coefficient (Wildman–Crippen LogP) is 2.29. The Labute approximate surface area is 154 Å². The Bertz CT molecular complexity index is 980. The van der Waals surface area contributed by atoms with E-state index in [0.29, 0.717) is 5.56 Å². The van der Waals surface area contributed by atoms with Crippen LogP contribution in [0.2, 0.25) is 0 Å². The zero-order valence-corrected chi connectivity index (χ0v) is 15.4. The monoisotopic (exact) mass is 393 g/mol. The van der Waals surface area contributed by atoms with E-state index in [4.69, 9.17) is 10.00 Å². The molecule has 0 N–H and O–H groups in total. The minimum absolute atomic E-state index is 0.0109. The first kappa shape index (κ1) is 18.3. The number of thiophene rings is 1. The lowest BCUT2D eigenvalue weighted by Crippen LogP contribution is -2.45. The molecule has 0 bridgehead atoms. The molecule has 2 heterocycles. The van der Waals surface area contributed by atoms with Gasteiger partial charge < -0.3 is 4.74 Å². The molecule has 0 radical (unpaired) electrons. The van der Waals surface area contributed by atoms with Crippen molar-refractivity contribution in [2.45, 2.75) is 19.0 Å². The molecule has 136 valence electrons. The summed E-state index contributed by atoms with van der Waals surface area (Å²) in [5.41, 5.74) is 1.19. The third-order valence-electron chi connectivity index (χ3n) is 4.10. The van der Waals surface area contributed by atoms with Crippen molar-refractivity contribution >= 4 is 27.0 Å². The van der Waals surface area contributed by atoms with E-state index in [2.05, 4.69) is 0 Å². The van der Waals surface area contributed by atoms with Gasteiger partial charge in [0.15, 0.2) is 0 Å².